The first-order valence-corrected chi connectivity index (χ1v) is 32.3. The fraction of sp³-hybridized carbons (Fsp3) is 0.302. The van der Waals surface area contributed by atoms with Gasteiger partial charge in [0, 0.05) is 30.5 Å². The quantitative estimate of drug-likeness (QED) is 0.0904. The number of thiophene rings is 1. The van der Waals surface area contributed by atoms with Gasteiger partial charge in [0.1, 0.15) is 0 Å². The van der Waals surface area contributed by atoms with Crippen LogP contribution in [-0.2, 0) is 31.9 Å². The van der Waals surface area contributed by atoms with Crippen LogP contribution in [0.2, 0.25) is 17.3 Å². The van der Waals surface area contributed by atoms with E-state index < -0.39 is 37.7 Å². The molecule has 70 heavy (non-hydrogen) atoms. The van der Waals surface area contributed by atoms with Gasteiger partial charge < -0.3 is 4.57 Å². The van der Waals surface area contributed by atoms with Crippen LogP contribution in [0.15, 0.2) is 121 Å². The minimum atomic E-state index is -2.47. The van der Waals surface area contributed by atoms with E-state index >= 15 is 0 Å². The van der Waals surface area contributed by atoms with E-state index in [1.165, 1.54) is 70.2 Å². The molecule has 0 aliphatic carbocycles. The zero-order valence-electron chi connectivity index (χ0n) is 47.7. The number of hydrogen-bond donors (Lipinski definition) is 0. The number of aromatic nitrogens is 3. The zero-order valence-corrected chi connectivity index (χ0v) is 48.0. The minimum absolute atomic E-state index is 0. The van der Waals surface area contributed by atoms with Crippen LogP contribution in [0.3, 0.4) is 0 Å². The molecule has 0 fully saturated rings. The molecule has 7 heteroatoms. The Morgan fingerprint density at radius 2 is 1.41 bits per heavy atom. The molecule has 0 saturated carbocycles. The number of para-hydroxylation sites is 2. The molecular formula is C63H66FGeIrN3S-2. The largest absolute Gasteiger partial charge is 0 e. The third-order valence-corrected chi connectivity index (χ3v) is 18.3. The third-order valence-electron chi connectivity index (χ3n) is 12.9. The molecule has 7 aromatic carbocycles. The maximum absolute atomic E-state index is 14.7. The molecule has 10 rings (SSSR count). The molecule has 0 amide bonds. The van der Waals surface area contributed by atoms with Crippen molar-refractivity contribution in [2.75, 3.05) is 0 Å². The summed E-state index contributed by atoms with van der Waals surface area (Å²) >= 11 is -0.617. The molecule has 3 heterocycles. The minimum Gasteiger partial charge on any atom is 0 e. The second-order valence-corrected chi connectivity index (χ2v) is 33.9. The first-order chi connectivity index (χ1) is 34.5. The molecular weight excluding hydrogens is 1110 g/mol. The van der Waals surface area contributed by atoms with Crippen LogP contribution in [0.4, 0.5) is 4.39 Å². The van der Waals surface area contributed by atoms with Gasteiger partial charge in [-0.15, -0.1) is 23.8 Å². The summed E-state index contributed by atoms with van der Waals surface area (Å²) in [6.45, 7) is 19.3. The first-order valence-electron chi connectivity index (χ1n) is 26.6. The van der Waals surface area contributed by atoms with Gasteiger partial charge in [0.25, 0.3) is 0 Å². The maximum atomic E-state index is 14.7. The molecule has 3 nitrogen and oxygen atoms in total. The van der Waals surface area contributed by atoms with Gasteiger partial charge in [-0.1, -0.05) is 115 Å². The van der Waals surface area contributed by atoms with Crippen LogP contribution in [0.1, 0.15) is 116 Å². The van der Waals surface area contributed by atoms with Crippen molar-refractivity contribution in [3.63, 3.8) is 0 Å². The number of hydrogen-bond acceptors (Lipinski definition) is 3. The number of rotatable bonds is 7. The molecule has 10 aromatic rings. The number of imidazole rings is 1. The van der Waals surface area contributed by atoms with Crippen LogP contribution in [0, 0.1) is 30.2 Å². The van der Waals surface area contributed by atoms with Gasteiger partial charge in [-0.25, -0.2) is 0 Å². The predicted octanol–water partition coefficient (Wildman–Crippen LogP) is 17.8. The van der Waals surface area contributed by atoms with Crippen LogP contribution < -0.4 is 4.40 Å². The number of nitrogens with zero attached hydrogens (tertiary/aromatic N) is 3. The van der Waals surface area contributed by atoms with Crippen molar-refractivity contribution < 1.29 is 31.3 Å². The molecule has 0 N–H and O–H groups in total. The monoisotopic (exact) mass is 1190 g/mol. The molecule has 0 aliphatic rings. The Morgan fingerprint density at radius 3 is 2.07 bits per heavy atom. The van der Waals surface area contributed by atoms with Gasteiger partial charge in [-0.05, 0) is 89.8 Å². The number of pyridine rings is 1. The fourth-order valence-corrected chi connectivity index (χ4v) is 13.4. The van der Waals surface area contributed by atoms with Crippen molar-refractivity contribution in [3.8, 4) is 28.3 Å². The van der Waals surface area contributed by atoms with Crippen molar-refractivity contribution in [3.05, 3.63) is 167 Å². The van der Waals surface area contributed by atoms with Gasteiger partial charge >= 0.3 is 149 Å². The second-order valence-electron chi connectivity index (χ2n) is 22.3. The van der Waals surface area contributed by atoms with Crippen molar-refractivity contribution in [1.82, 2.24) is 14.5 Å². The number of halogens is 1. The Morgan fingerprint density at radius 1 is 0.743 bits per heavy atom. The van der Waals surface area contributed by atoms with Crippen LogP contribution in [-0.4, -0.2) is 27.8 Å². The van der Waals surface area contributed by atoms with Gasteiger partial charge in [-0.3, -0.25) is 4.98 Å². The third kappa shape index (κ3) is 10.2. The predicted molar refractivity (Wildman–Crippen MR) is 299 cm³/mol. The van der Waals surface area contributed by atoms with Crippen molar-refractivity contribution in [1.29, 1.82) is 0 Å². The van der Waals surface area contributed by atoms with E-state index in [-0.39, 0.29) is 42.3 Å². The average molecular weight is 1190 g/mol. The molecule has 361 valence electrons. The van der Waals surface area contributed by atoms with Gasteiger partial charge in [0.2, 0.25) is 0 Å². The number of benzene rings is 7. The molecule has 0 saturated heterocycles. The molecule has 0 aliphatic heterocycles. The summed E-state index contributed by atoms with van der Waals surface area (Å²) < 4.78 is 60.3. The smallest absolute Gasteiger partial charge is 0 e. The number of aryl methyl sites for hydroxylation is 1. The molecule has 0 atom stereocenters. The fourth-order valence-electron chi connectivity index (χ4n) is 9.40. The number of fused-ring (bicyclic) bond motifs is 7. The van der Waals surface area contributed by atoms with E-state index in [1.54, 1.807) is 12.3 Å². The first kappa shape index (κ1) is 44.9. The normalized spacial score (nSPS) is 13.9. The summed E-state index contributed by atoms with van der Waals surface area (Å²) in [6, 6.07) is 46.1. The Kier molecular flexibility index (Phi) is 12.6. The molecule has 1 radical (unpaired) electrons. The van der Waals surface area contributed by atoms with E-state index in [0.29, 0.717) is 17.4 Å². The second kappa shape index (κ2) is 19.6. The van der Waals surface area contributed by atoms with Crippen molar-refractivity contribution >= 4 is 81.7 Å². The Balaban J connectivity index is 0.000000223. The summed E-state index contributed by atoms with van der Waals surface area (Å²) in [7, 11) is 0. The van der Waals surface area contributed by atoms with Gasteiger partial charge in [0.05, 0.1) is 16.9 Å². The molecule has 0 bridgehead atoms. The van der Waals surface area contributed by atoms with Gasteiger partial charge in [0.15, 0.2) is 0 Å². The van der Waals surface area contributed by atoms with E-state index in [9.17, 15) is 4.39 Å². The van der Waals surface area contributed by atoms with Crippen LogP contribution in [0.5, 0.6) is 0 Å². The maximum Gasteiger partial charge on any atom is 0 e. The molecule has 0 unspecified atom stereocenters. The average Bonchev–Trinajstić information content (AvgIpc) is 3.89. The van der Waals surface area contributed by atoms with Crippen LogP contribution in [0.25, 0.3) is 81.1 Å². The van der Waals surface area contributed by atoms with Crippen LogP contribution >= 0.6 is 11.3 Å². The van der Waals surface area contributed by atoms with Crippen molar-refractivity contribution in [2.24, 2.45) is 5.41 Å². The Labute approximate surface area is 442 Å². The SMILES string of the molecule is CC(C)c1cc(C(C)(C)C)cc(C(C)C)c1-n1c(-c2[c-]cc3sc4cc5ccc6ccccc6c5cc4c3c2)nc2ccccc21.[2H]C([2H])([2H])c1c[c-]c(-c2cc(C([2H])([2H])C(C)(C)C)[c]([Ge]([CH3])([CH3])[CH3])cn2)c(F)c1.[Ir]. The Hall–Kier alpha value is -4.98. The van der Waals surface area contributed by atoms with E-state index in [2.05, 4.69) is 184 Å². The summed E-state index contributed by atoms with van der Waals surface area (Å²) in [5.74, 6) is 7.40. The summed E-state index contributed by atoms with van der Waals surface area (Å²) in [5.41, 5.74) is 8.63. The van der Waals surface area contributed by atoms with Crippen molar-refractivity contribution in [2.45, 2.75) is 117 Å². The standard InChI is InChI=1S/C43H39N2S.C20H27FGeN.Ir/c1-25(2)32-22-30(43(5,6)7)23-33(26(3)4)41(32)45-38-15-11-10-14-37(38)44-42(45)29-18-19-39-35(20-29)36-24-34-28(21-40(36)46-39)17-16-27-12-8-9-13-31(27)34;1-14-8-9-16(17(21)10-14)19-11-15(12-20(2,3)4)18(13-23-19)22(5,6)7;/h8-17,19-26H,1-7H3;8,10-11,13H,12H2,1-7H3;/q2*-1;/i;1D3,12D2;. The Bertz CT molecular complexity index is 3770. The van der Waals surface area contributed by atoms with E-state index in [0.717, 1.165) is 32.9 Å². The van der Waals surface area contributed by atoms with E-state index in [4.69, 9.17) is 11.8 Å². The summed E-state index contributed by atoms with van der Waals surface area (Å²) in [5, 5.41) is 7.71. The molecule has 0 spiro atoms. The molecule has 3 aromatic heterocycles. The summed E-state index contributed by atoms with van der Waals surface area (Å²) in [4.78, 5) is 9.72. The summed E-state index contributed by atoms with van der Waals surface area (Å²) in [6.07, 6.45) is 0.0207. The topological polar surface area (TPSA) is 30.7 Å². The van der Waals surface area contributed by atoms with Gasteiger partial charge in [-0.2, -0.15) is 11.3 Å². The van der Waals surface area contributed by atoms with E-state index in [1.807, 2.05) is 32.1 Å². The zero-order chi connectivity index (χ0) is 53.6.